The summed E-state index contributed by atoms with van der Waals surface area (Å²) in [4.78, 5) is 11.8. The number of hydrogen-bond donors (Lipinski definition) is 1. The predicted molar refractivity (Wildman–Crippen MR) is 75.9 cm³/mol. The summed E-state index contributed by atoms with van der Waals surface area (Å²) >= 11 is 0. The average molecular weight is 235 g/mol. The van der Waals surface area contributed by atoms with E-state index in [1.54, 1.807) is 6.92 Å². The van der Waals surface area contributed by atoms with Crippen LogP contribution in [-0.4, -0.2) is 5.78 Å². The highest BCUT2D eigenvalue weighted by atomic mass is 16.1. The Morgan fingerprint density at radius 3 is 1.83 bits per heavy atom. The van der Waals surface area contributed by atoms with Crippen molar-refractivity contribution in [3.05, 3.63) is 54.1 Å². The highest BCUT2D eigenvalue weighted by Crippen LogP contribution is 2.34. The molecule has 18 heavy (non-hydrogen) atoms. The molecule has 0 radical (unpaired) electrons. The van der Waals surface area contributed by atoms with Crippen LogP contribution in [0.1, 0.15) is 17.3 Å². The summed E-state index contributed by atoms with van der Waals surface area (Å²) < 4.78 is 0. The highest BCUT2D eigenvalue weighted by Gasteiger charge is 2.14. The van der Waals surface area contributed by atoms with Gasteiger partial charge in [-0.25, -0.2) is 0 Å². The van der Waals surface area contributed by atoms with Gasteiger partial charge in [0, 0.05) is 10.9 Å². The van der Waals surface area contributed by atoms with Crippen LogP contribution in [0.5, 0.6) is 0 Å². The average Bonchev–Trinajstić information content (AvgIpc) is 2.39. The van der Waals surface area contributed by atoms with Gasteiger partial charge in [0.1, 0.15) is 0 Å². The predicted octanol–water partition coefficient (Wildman–Crippen LogP) is 3.78. The van der Waals surface area contributed by atoms with E-state index in [-0.39, 0.29) is 5.78 Å². The number of hydrogen-bond acceptors (Lipinski definition) is 2. The lowest BCUT2D eigenvalue weighted by Gasteiger charge is -2.12. The third-order valence-corrected chi connectivity index (χ3v) is 3.33. The zero-order valence-corrected chi connectivity index (χ0v) is 10.1. The normalized spacial score (nSPS) is 10.9. The molecule has 0 aliphatic rings. The van der Waals surface area contributed by atoms with Gasteiger partial charge in [0.2, 0.25) is 0 Å². The lowest BCUT2D eigenvalue weighted by atomic mass is 9.93. The van der Waals surface area contributed by atoms with Crippen molar-refractivity contribution in [1.29, 1.82) is 0 Å². The molecule has 0 heterocycles. The monoisotopic (exact) mass is 235 g/mol. The largest absolute Gasteiger partial charge is 0.398 e. The van der Waals surface area contributed by atoms with Gasteiger partial charge in [-0.05, 0) is 23.1 Å². The van der Waals surface area contributed by atoms with Gasteiger partial charge >= 0.3 is 0 Å². The maximum Gasteiger partial charge on any atom is 0.162 e. The number of anilines is 1. The SMILES string of the molecule is CC(=O)c1c(N)c2ccccc2c2ccccc12. The molecule has 0 atom stereocenters. The van der Waals surface area contributed by atoms with Crippen molar-refractivity contribution in [3.63, 3.8) is 0 Å². The molecule has 88 valence electrons. The third-order valence-electron chi connectivity index (χ3n) is 3.33. The Labute approximate surface area is 105 Å². The summed E-state index contributed by atoms with van der Waals surface area (Å²) in [7, 11) is 0. The van der Waals surface area contributed by atoms with E-state index in [4.69, 9.17) is 5.73 Å². The molecule has 0 aliphatic carbocycles. The summed E-state index contributed by atoms with van der Waals surface area (Å²) in [6, 6.07) is 15.8. The van der Waals surface area contributed by atoms with Crippen molar-refractivity contribution in [2.75, 3.05) is 5.73 Å². The minimum atomic E-state index is 0.00875. The summed E-state index contributed by atoms with van der Waals surface area (Å²) in [5.41, 5.74) is 7.37. The van der Waals surface area contributed by atoms with Gasteiger partial charge < -0.3 is 5.73 Å². The van der Waals surface area contributed by atoms with Crippen LogP contribution in [0.25, 0.3) is 21.5 Å². The highest BCUT2D eigenvalue weighted by molar-refractivity contribution is 6.23. The summed E-state index contributed by atoms with van der Waals surface area (Å²) in [6.07, 6.45) is 0. The van der Waals surface area contributed by atoms with E-state index in [9.17, 15) is 4.79 Å². The van der Waals surface area contributed by atoms with Crippen LogP contribution in [-0.2, 0) is 0 Å². The zero-order chi connectivity index (χ0) is 12.7. The zero-order valence-electron chi connectivity index (χ0n) is 10.1. The van der Waals surface area contributed by atoms with Crippen molar-refractivity contribution < 1.29 is 4.79 Å². The molecular weight excluding hydrogens is 222 g/mol. The molecule has 3 rings (SSSR count). The van der Waals surface area contributed by atoms with E-state index in [0.717, 1.165) is 21.5 Å². The maximum absolute atomic E-state index is 11.8. The summed E-state index contributed by atoms with van der Waals surface area (Å²) in [5, 5.41) is 4.05. The molecule has 3 aromatic carbocycles. The molecular formula is C16H13NO. The fourth-order valence-corrected chi connectivity index (χ4v) is 2.55. The quantitative estimate of drug-likeness (QED) is 0.396. The fraction of sp³-hybridized carbons (Fsp3) is 0.0625. The van der Waals surface area contributed by atoms with Gasteiger partial charge in [-0.15, -0.1) is 0 Å². The number of ketones is 1. The minimum absolute atomic E-state index is 0.00875. The minimum Gasteiger partial charge on any atom is -0.398 e. The van der Waals surface area contributed by atoms with Crippen LogP contribution in [0, 0.1) is 0 Å². The van der Waals surface area contributed by atoms with Crippen LogP contribution < -0.4 is 5.73 Å². The Balaban J connectivity index is 2.66. The van der Waals surface area contributed by atoms with E-state index in [1.165, 1.54) is 0 Å². The Kier molecular flexibility index (Phi) is 2.30. The molecule has 0 amide bonds. The molecule has 0 aliphatic heterocycles. The Morgan fingerprint density at radius 1 is 0.833 bits per heavy atom. The molecule has 0 spiro atoms. The number of carbonyl (C=O) groups excluding carboxylic acids is 1. The number of nitrogen functional groups attached to an aromatic ring is 1. The van der Waals surface area contributed by atoms with E-state index in [0.29, 0.717) is 11.3 Å². The van der Waals surface area contributed by atoms with E-state index in [2.05, 4.69) is 0 Å². The lowest BCUT2D eigenvalue weighted by Crippen LogP contribution is -2.02. The van der Waals surface area contributed by atoms with Gasteiger partial charge in [0.25, 0.3) is 0 Å². The summed E-state index contributed by atoms with van der Waals surface area (Å²) in [6.45, 7) is 1.56. The number of benzene rings is 3. The molecule has 0 bridgehead atoms. The van der Waals surface area contributed by atoms with Gasteiger partial charge in [0.05, 0.1) is 5.69 Å². The van der Waals surface area contributed by atoms with Gasteiger partial charge in [-0.2, -0.15) is 0 Å². The van der Waals surface area contributed by atoms with E-state index >= 15 is 0 Å². The van der Waals surface area contributed by atoms with Crippen molar-refractivity contribution in [3.8, 4) is 0 Å². The first-order valence-electron chi connectivity index (χ1n) is 5.90. The Bertz CT molecular complexity index is 774. The molecule has 0 unspecified atom stereocenters. The lowest BCUT2D eigenvalue weighted by molar-refractivity contribution is 0.102. The van der Waals surface area contributed by atoms with Crippen molar-refractivity contribution in [2.24, 2.45) is 0 Å². The Morgan fingerprint density at radius 2 is 1.28 bits per heavy atom. The first-order chi connectivity index (χ1) is 8.70. The van der Waals surface area contributed by atoms with Crippen LogP contribution in [0.3, 0.4) is 0 Å². The van der Waals surface area contributed by atoms with Gasteiger partial charge in [-0.1, -0.05) is 48.5 Å². The third kappa shape index (κ3) is 1.39. The second-order valence-corrected chi connectivity index (χ2v) is 4.44. The molecule has 0 saturated carbocycles. The molecule has 2 heteroatoms. The van der Waals surface area contributed by atoms with E-state index in [1.807, 2.05) is 48.5 Å². The maximum atomic E-state index is 11.8. The number of nitrogens with two attached hydrogens (primary N) is 1. The molecule has 0 saturated heterocycles. The summed E-state index contributed by atoms with van der Waals surface area (Å²) in [5.74, 6) is 0.00875. The van der Waals surface area contributed by atoms with Gasteiger partial charge in [0.15, 0.2) is 5.78 Å². The molecule has 2 nitrogen and oxygen atoms in total. The van der Waals surface area contributed by atoms with Gasteiger partial charge in [-0.3, -0.25) is 4.79 Å². The first-order valence-corrected chi connectivity index (χ1v) is 5.90. The standard InChI is InChI=1S/C16H13NO/c1-10(18)15-13-8-4-2-6-11(13)12-7-3-5-9-14(12)16(15)17/h2-9H,17H2,1H3. The Hall–Kier alpha value is -2.35. The van der Waals surface area contributed by atoms with Crippen molar-refractivity contribution >= 4 is 33.0 Å². The second kappa shape index (κ2) is 3.84. The molecule has 0 fully saturated rings. The molecule has 0 aromatic heterocycles. The molecule has 3 aromatic rings. The smallest absolute Gasteiger partial charge is 0.162 e. The van der Waals surface area contributed by atoms with Crippen LogP contribution in [0.15, 0.2) is 48.5 Å². The van der Waals surface area contributed by atoms with Crippen LogP contribution >= 0.6 is 0 Å². The number of carbonyl (C=O) groups is 1. The van der Waals surface area contributed by atoms with Crippen LogP contribution in [0.2, 0.25) is 0 Å². The molecule has 2 N–H and O–H groups in total. The second-order valence-electron chi connectivity index (χ2n) is 4.44. The van der Waals surface area contributed by atoms with Crippen molar-refractivity contribution in [1.82, 2.24) is 0 Å². The van der Waals surface area contributed by atoms with Crippen molar-refractivity contribution in [2.45, 2.75) is 6.92 Å². The number of Topliss-reactive ketones (excluding diaryl/α,β-unsaturated/α-hetero) is 1. The number of fused-ring (bicyclic) bond motifs is 3. The fourth-order valence-electron chi connectivity index (χ4n) is 2.55. The van der Waals surface area contributed by atoms with Crippen LogP contribution in [0.4, 0.5) is 5.69 Å². The first kappa shape index (κ1) is 10.8. The topological polar surface area (TPSA) is 43.1 Å². The number of rotatable bonds is 1. The van der Waals surface area contributed by atoms with E-state index < -0.39 is 0 Å².